The number of carbonyl (C=O) groups excluding carboxylic acids is 1. The summed E-state index contributed by atoms with van der Waals surface area (Å²) in [5.41, 5.74) is 11.0. The molecule has 4 aliphatic carbocycles. The highest BCUT2D eigenvalue weighted by Gasteiger charge is 2.73. The fourth-order valence-electron chi connectivity index (χ4n) is 10.4. The number of pyridine rings is 1. The first kappa shape index (κ1) is 34.2. The summed E-state index contributed by atoms with van der Waals surface area (Å²) in [6.07, 6.45) is 6.38. The maximum atomic E-state index is 13.6. The second-order valence-electron chi connectivity index (χ2n) is 15.9. The van der Waals surface area contributed by atoms with Gasteiger partial charge in [-0.25, -0.2) is 25.5 Å². The van der Waals surface area contributed by atoms with Crippen LogP contribution < -0.4 is 26.7 Å². The third kappa shape index (κ3) is 5.44. The number of nitrogens with zero attached hydrogens (tertiary/aromatic N) is 5. The van der Waals surface area contributed by atoms with Gasteiger partial charge < -0.3 is 15.7 Å². The number of allylic oxidation sites excluding steroid dienone is 1. The van der Waals surface area contributed by atoms with Crippen LogP contribution in [0.4, 0.5) is 21.3 Å². The Morgan fingerprint density at radius 2 is 1.85 bits per heavy atom. The van der Waals surface area contributed by atoms with Gasteiger partial charge in [-0.05, 0) is 91.7 Å². The lowest BCUT2D eigenvalue weighted by molar-refractivity contribution is -0.111. The van der Waals surface area contributed by atoms with Crippen LogP contribution in [0.1, 0.15) is 68.9 Å². The summed E-state index contributed by atoms with van der Waals surface area (Å²) in [5, 5.41) is 13.9. The van der Waals surface area contributed by atoms with E-state index in [4.69, 9.17) is 21.5 Å². The molecule has 6 N–H and O–H groups in total. The van der Waals surface area contributed by atoms with Gasteiger partial charge in [-0.2, -0.15) is 0 Å². The quantitative estimate of drug-likeness (QED) is 0.111. The molecule has 13 heteroatoms. The lowest BCUT2D eigenvalue weighted by Gasteiger charge is -2.44. The van der Waals surface area contributed by atoms with Crippen LogP contribution >= 0.6 is 11.3 Å². The molecular formula is C39H44N8O4S. The number of para-hydroxylation sites is 1. The number of carboxylic acid groups (broad SMARTS) is 1. The highest BCUT2D eigenvalue weighted by molar-refractivity contribution is 7.22. The SMILES string of the molecule is CC(=NCC12CC3(C)CC(ON)(CC1(C)C3)C2)C(=CN)c1ccc(-c2ccc3c(c2)N(C(=O)Nc2nc4ccccc4s2)CCN3C)nc1C(=O)O. The van der Waals surface area contributed by atoms with Gasteiger partial charge in [-0.1, -0.05) is 43.4 Å². The Kier molecular flexibility index (Phi) is 7.97. The van der Waals surface area contributed by atoms with Crippen LogP contribution in [0.3, 0.4) is 0 Å². The number of amides is 2. The number of carbonyl (C=O) groups is 2. The largest absolute Gasteiger partial charge is 0.476 e. The van der Waals surface area contributed by atoms with Crippen LogP contribution in [0.2, 0.25) is 0 Å². The molecule has 2 aromatic carbocycles. The fourth-order valence-corrected chi connectivity index (χ4v) is 11.2. The molecule has 12 nitrogen and oxygen atoms in total. The van der Waals surface area contributed by atoms with Gasteiger partial charge in [0.15, 0.2) is 10.8 Å². The molecule has 0 radical (unpaired) electrons. The summed E-state index contributed by atoms with van der Waals surface area (Å²) < 4.78 is 0.989. The van der Waals surface area contributed by atoms with Crippen LogP contribution in [0.25, 0.3) is 27.0 Å². The fraction of sp³-hybridized carbons (Fsp3) is 0.410. The zero-order valence-corrected chi connectivity index (χ0v) is 30.7. The van der Waals surface area contributed by atoms with E-state index in [1.54, 1.807) is 17.0 Å². The maximum absolute atomic E-state index is 13.6. The summed E-state index contributed by atoms with van der Waals surface area (Å²) in [6, 6.07) is 16.7. The molecule has 9 rings (SSSR count). The Hall–Kier alpha value is -4.85. The molecule has 4 saturated carbocycles. The number of hydrogen-bond acceptors (Lipinski definition) is 10. The van der Waals surface area contributed by atoms with Gasteiger partial charge in [-0.15, -0.1) is 0 Å². The lowest BCUT2D eigenvalue weighted by atomic mass is 9.66. The predicted molar refractivity (Wildman–Crippen MR) is 206 cm³/mol. The van der Waals surface area contributed by atoms with E-state index < -0.39 is 5.97 Å². The molecule has 1 aliphatic heterocycles. The number of aliphatic imine (C=N–C) groups is 1. The van der Waals surface area contributed by atoms with Crippen LogP contribution in [0, 0.1) is 16.2 Å². The summed E-state index contributed by atoms with van der Waals surface area (Å²) in [5.74, 6) is 4.71. The van der Waals surface area contributed by atoms with E-state index in [-0.39, 0.29) is 33.6 Å². The molecular weight excluding hydrogens is 677 g/mol. The van der Waals surface area contributed by atoms with Crippen molar-refractivity contribution in [2.45, 2.75) is 58.5 Å². The molecule has 0 spiro atoms. The summed E-state index contributed by atoms with van der Waals surface area (Å²) in [6.45, 7) is 8.26. The zero-order chi connectivity index (χ0) is 36.6. The molecule has 2 aromatic heterocycles. The number of fused-ring (bicyclic) bond motifs is 2. The number of urea groups is 1. The number of hydrogen-bond donors (Lipinski definition) is 4. The van der Waals surface area contributed by atoms with E-state index in [9.17, 15) is 14.7 Å². The van der Waals surface area contributed by atoms with Crippen molar-refractivity contribution < 1.29 is 19.5 Å². The van der Waals surface area contributed by atoms with Crippen molar-refractivity contribution in [3.8, 4) is 11.3 Å². The average molecular weight is 721 g/mol. The van der Waals surface area contributed by atoms with Crippen molar-refractivity contribution in [2.75, 3.05) is 41.8 Å². The minimum absolute atomic E-state index is 0.0439. The highest BCUT2D eigenvalue weighted by Crippen LogP contribution is 2.77. The van der Waals surface area contributed by atoms with Crippen molar-refractivity contribution in [2.24, 2.45) is 32.9 Å². The second kappa shape index (κ2) is 12.1. The van der Waals surface area contributed by atoms with Crippen LogP contribution in [-0.4, -0.2) is 65.1 Å². The molecule has 4 unspecified atom stereocenters. The Balaban J connectivity index is 1.07. The average Bonchev–Trinajstić information content (AvgIpc) is 3.65. The molecule has 4 aromatic rings. The summed E-state index contributed by atoms with van der Waals surface area (Å²) in [7, 11) is 1.98. The number of nitrogens with one attached hydrogen (secondary N) is 1. The van der Waals surface area contributed by atoms with E-state index in [1.807, 2.05) is 56.4 Å². The first-order valence-corrected chi connectivity index (χ1v) is 18.5. The number of likely N-dealkylation sites (N-methyl/N-ethyl adjacent to an activating group) is 1. The topological polar surface area (TPSA) is 172 Å². The molecule has 5 aliphatic rings. The van der Waals surface area contributed by atoms with Crippen LogP contribution in [0.15, 0.2) is 65.8 Å². The van der Waals surface area contributed by atoms with E-state index in [1.165, 1.54) is 17.5 Å². The third-order valence-corrected chi connectivity index (χ3v) is 13.1. The Bertz CT molecular complexity index is 2170. The number of anilines is 3. The summed E-state index contributed by atoms with van der Waals surface area (Å²) in [4.78, 5) is 50.1. The number of thiazole rings is 1. The standard InChI is InChI=1S/C39H44N8O4S/c1-23(42-22-38-18-36(2)17-37(38,3)20-39(19-36,21-38)51-41)26(16-40)25-10-11-27(43-32(25)33(48)49)24-9-12-29-30(15-24)47(14-13-46(29)4)35(50)45-34-44-28-7-5-6-8-31(28)52-34/h5-12,15-16H,13-14,17-22,40-41H2,1-4H3,(H,48,49)(H,44,45,50). The molecule has 0 saturated heterocycles. The molecule has 4 atom stereocenters. The second-order valence-corrected chi connectivity index (χ2v) is 16.9. The zero-order valence-electron chi connectivity index (χ0n) is 29.9. The highest BCUT2D eigenvalue weighted by atomic mass is 32.1. The van der Waals surface area contributed by atoms with Crippen molar-refractivity contribution in [1.82, 2.24) is 9.97 Å². The minimum atomic E-state index is -1.17. The van der Waals surface area contributed by atoms with Crippen molar-refractivity contribution >= 4 is 61.3 Å². The van der Waals surface area contributed by atoms with Gasteiger partial charge in [0.25, 0.3) is 0 Å². The van der Waals surface area contributed by atoms with Gasteiger partial charge in [0.1, 0.15) is 0 Å². The molecule has 4 bridgehead atoms. The van der Waals surface area contributed by atoms with Gasteiger partial charge in [0.2, 0.25) is 0 Å². The smallest absolute Gasteiger partial charge is 0.355 e. The van der Waals surface area contributed by atoms with Crippen LogP contribution in [0.5, 0.6) is 0 Å². The van der Waals surface area contributed by atoms with E-state index in [2.05, 4.69) is 34.0 Å². The van der Waals surface area contributed by atoms with Crippen molar-refractivity contribution in [1.29, 1.82) is 0 Å². The number of benzene rings is 2. The number of aromatic nitrogens is 2. The lowest BCUT2D eigenvalue weighted by Crippen LogP contribution is -2.45. The summed E-state index contributed by atoms with van der Waals surface area (Å²) >= 11 is 1.42. The minimum Gasteiger partial charge on any atom is -0.476 e. The number of carboxylic acids is 1. The van der Waals surface area contributed by atoms with Gasteiger partial charge >= 0.3 is 12.0 Å². The van der Waals surface area contributed by atoms with E-state index in [0.29, 0.717) is 58.6 Å². The third-order valence-electron chi connectivity index (χ3n) is 12.2. The first-order chi connectivity index (χ1) is 24.8. The Labute approximate surface area is 306 Å². The molecule has 3 heterocycles. The van der Waals surface area contributed by atoms with Crippen LogP contribution in [-0.2, 0) is 4.84 Å². The van der Waals surface area contributed by atoms with Crippen molar-refractivity contribution in [3.05, 3.63) is 72.1 Å². The maximum Gasteiger partial charge on any atom is 0.355 e. The van der Waals surface area contributed by atoms with Gasteiger partial charge in [0.05, 0.1) is 32.9 Å². The van der Waals surface area contributed by atoms with Gasteiger partial charge in [-0.3, -0.25) is 20.0 Å². The Morgan fingerprint density at radius 3 is 2.60 bits per heavy atom. The molecule has 52 heavy (non-hydrogen) atoms. The first-order valence-electron chi connectivity index (χ1n) is 17.7. The molecule has 4 fully saturated rings. The predicted octanol–water partition coefficient (Wildman–Crippen LogP) is 6.92. The molecule has 2 amide bonds. The van der Waals surface area contributed by atoms with Gasteiger partial charge in [0, 0.05) is 55.3 Å². The van der Waals surface area contributed by atoms with E-state index >= 15 is 0 Å². The number of nitrogens with two attached hydrogens (primary N) is 2. The monoisotopic (exact) mass is 720 g/mol. The number of rotatable bonds is 8. The normalized spacial score (nSPS) is 28.1. The molecule has 270 valence electrons. The van der Waals surface area contributed by atoms with Crippen molar-refractivity contribution in [3.63, 3.8) is 0 Å². The van der Waals surface area contributed by atoms with E-state index in [0.717, 1.165) is 48.0 Å². The Morgan fingerprint density at radius 1 is 1.04 bits per heavy atom. The number of aromatic carboxylic acids is 1.